The number of nitrogen functional groups attached to an aromatic ring is 1. The Morgan fingerprint density at radius 1 is 1.20 bits per heavy atom. The number of hydrogen-bond donors (Lipinski definition) is 1. The Bertz CT molecular complexity index is 860. The van der Waals surface area contributed by atoms with Gasteiger partial charge in [-0.25, -0.2) is 0 Å². The Hall–Kier alpha value is -2.53. The van der Waals surface area contributed by atoms with Crippen molar-refractivity contribution in [2.75, 3.05) is 30.4 Å². The van der Waals surface area contributed by atoms with Gasteiger partial charge in [-0.3, -0.25) is 4.79 Å². The van der Waals surface area contributed by atoms with Crippen molar-refractivity contribution in [2.24, 2.45) is 0 Å². The standard InChI is InChI=1S/C20H20N2O3/c21-13-7-8-16-18(10-13)25-12-20(16)15-5-1-2-6-17(15)22(19(20)23)11-14-4-3-9-24-14/h1-2,5-8,10,14H,3-4,9,11-12,21H2/t14-,20?/m1/s1. The fourth-order valence-corrected chi connectivity index (χ4v) is 4.37. The Balaban J connectivity index is 1.63. The number of rotatable bonds is 2. The van der Waals surface area contributed by atoms with E-state index in [1.165, 1.54) is 0 Å². The third-order valence-electron chi connectivity index (χ3n) is 5.58. The van der Waals surface area contributed by atoms with Gasteiger partial charge in [0.15, 0.2) is 0 Å². The van der Waals surface area contributed by atoms with Crippen LogP contribution in [0.15, 0.2) is 42.5 Å². The smallest absolute Gasteiger partial charge is 0.245 e. The van der Waals surface area contributed by atoms with E-state index in [1.54, 1.807) is 0 Å². The number of ether oxygens (including phenoxy) is 2. The lowest BCUT2D eigenvalue weighted by Gasteiger charge is -2.24. The summed E-state index contributed by atoms with van der Waals surface area (Å²) in [4.78, 5) is 15.5. The van der Waals surface area contributed by atoms with E-state index in [4.69, 9.17) is 15.2 Å². The molecule has 1 saturated heterocycles. The number of carbonyl (C=O) groups is 1. The summed E-state index contributed by atoms with van der Waals surface area (Å²) in [6, 6.07) is 13.6. The van der Waals surface area contributed by atoms with E-state index in [0.29, 0.717) is 24.6 Å². The first-order valence-electron chi connectivity index (χ1n) is 8.76. The topological polar surface area (TPSA) is 64.8 Å². The van der Waals surface area contributed by atoms with Crippen LogP contribution in [0.25, 0.3) is 0 Å². The fraction of sp³-hybridized carbons (Fsp3) is 0.350. The van der Waals surface area contributed by atoms with Gasteiger partial charge in [-0.15, -0.1) is 0 Å². The molecule has 5 rings (SSSR count). The Kier molecular flexibility index (Phi) is 3.09. The minimum atomic E-state index is -0.766. The van der Waals surface area contributed by atoms with Crippen LogP contribution in [0.2, 0.25) is 0 Å². The molecular weight excluding hydrogens is 316 g/mol. The van der Waals surface area contributed by atoms with Crippen LogP contribution in [0, 0.1) is 0 Å². The quantitative estimate of drug-likeness (QED) is 0.856. The summed E-state index contributed by atoms with van der Waals surface area (Å²) >= 11 is 0. The third kappa shape index (κ3) is 1.96. The van der Waals surface area contributed by atoms with Gasteiger partial charge in [0, 0.05) is 29.6 Å². The van der Waals surface area contributed by atoms with Crippen molar-refractivity contribution in [3.63, 3.8) is 0 Å². The molecule has 0 saturated carbocycles. The lowest BCUT2D eigenvalue weighted by atomic mass is 9.77. The zero-order valence-electron chi connectivity index (χ0n) is 13.9. The molecule has 1 unspecified atom stereocenters. The van der Waals surface area contributed by atoms with Gasteiger partial charge in [0.2, 0.25) is 5.91 Å². The minimum absolute atomic E-state index is 0.0766. The highest BCUT2D eigenvalue weighted by molar-refractivity contribution is 6.11. The highest BCUT2D eigenvalue weighted by Gasteiger charge is 2.57. The van der Waals surface area contributed by atoms with E-state index in [9.17, 15) is 4.79 Å². The minimum Gasteiger partial charge on any atom is -0.491 e. The maximum absolute atomic E-state index is 13.6. The van der Waals surface area contributed by atoms with E-state index >= 15 is 0 Å². The molecule has 3 aliphatic rings. The molecule has 2 atom stereocenters. The molecule has 25 heavy (non-hydrogen) atoms. The molecule has 3 heterocycles. The number of carbonyl (C=O) groups excluding carboxylic acids is 1. The first-order valence-corrected chi connectivity index (χ1v) is 8.76. The van der Waals surface area contributed by atoms with Gasteiger partial charge in [-0.05, 0) is 30.5 Å². The fourth-order valence-electron chi connectivity index (χ4n) is 4.37. The Labute approximate surface area is 146 Å². The summed E-state index contributed by atoms with van der Waals surface area (Å²) in [5.41, 5.74) is 8.67. The first-order chi connectivity index (χ1) is 12.2. The largest absolute Gasteiger partial charge is 0.491 e. The van der Waals surface area contributed by atoms with E-state index in [1.807, 2.05) is 47.4 Å². The molecular formula is C20H20N2O3. The van der Waals surface area contributed by atoms with Crippen molar-refractivity contribution in [3.8, 4) is 5.75 Å². The van der Waals surface area contributed by atoms with Gasteiger partial charge in [0.05, 0.1) is 12.6 Å². The molecule has 5 heteroatoms. The Morgan fingerprint density at radius 2 is 2.08 bits per heavy atom. The van der Waals surface area contributed by atoms with Crippen molar-refractivity contribution >= 4 is 17.3 Å². The van der Waals surface area contributed by atoms with Gasteiger partial charge in [0.25, 0.3) is 0 Å². The third-order valence-corrected chi connectivity index (χ3v) is 5.58. The molecule has 2 aromatic carbocycles. The van der Waals surface area contributed by atoms with Crippen molar-refractivity contribution < 1.29 is 14.3 Å². The van der Waals surface area contributed by atoms with Crippen LogP contribution in [-0.4, -0.2) is 31.8 Å². The number of fused-ring (bicyclic) bond motifs is 4. The number of hydrogen-bond acceptors (Lipinski definition) is 4. The number of benzene rings is 2. The number of anilines is 2. The lowest BCUT2D eigenvalue weighted by Crippen LogP contribution is -2.44. The molecule has 128 valence electrons. The zero-order valence-corrected chi connectivity index (χ0v) is 13.9. The predicted molar refractivity (Wildman–Crippen MR) is 94.9 cm³/mol. The summed E-state index contributed by atoms with van der Waals surface area (Å²) in [5.74, 6) is 0.787. The maximum atomic E-state index is 13.6. The van der Waals surface area contributed by atoms with Gasteiger partial charge in [-0.1, -0.05) is 24.3 Å². The second-order valence-corrected chi connectivity index (χ2v) is 7.02. The highest BCUT2D eigenvalue weighted by Crippen LogP contribution is 2.52. The molecule has 3 aliphatic heterocycles. The average Bonchev–Trinajstić information content (AvgIpc) is 3.31. The maximum Gasteiger partial charge on any atom is 0.245 e. The van der Waals surface area contributed by atoms with E-state index in [2.05, 4.69) is 0 Å². The normalized spacial score (nSPS) is 26.8. The molecule has 5 nitrogen and oxygen atoms in total. The molecule has 0 aromatic heterocycles. The van der Waals surface area contributed by atoms with Crippen molar-refractivity contribution in [1.82, 2.24) is 0 Å². The molecule has 2 N–H and O–H groups in total. The van der Waals surface area contributed by atoms with Gasteiger partial charge < -0.3 is 20.1 Å². The second-order valence-electron chi connectivity index (χ2n) is 7.02. The van der Waals surface area contributed by atoms with Gasteiger partial charge >= 0.3 is 0 Å². The number of nitrogens with two attached hydrogens (primary N) is 1. The predicted octanol–water partition coefficient (Wildman–Crippen LogP) is 2.47. The lowest BCUT2D eigenvalue weighted by molar-refractivity contribution is -0.122. The molecule has 2 aromatic rings. The van der Waals surface area contributed by atoms with Crippen LogP contribution < -0.4 is 15.4 Å². The average molecular weight is 336 g/mol. The highest BCUT2D eigenvalue weighted by atomic mass is 16.5. The Morgan fingerprint density at radius 3 is 2.92 bits per heavy atom. The SMILES string of the molecule is Nc1ccc2c(c1)OCC21C(=O)N(C[C@H]2CCCO2)c2ccccc21. The summed E-state index contributed by atoms with van der Waals surface area (Å²) in [6.07, 6.45) is 2.17. The summed E-state index contributed by atoms with van der Waals surface area (Å²) in [7, 11) is 0. The molecule has 0 radical (unpaired) electrons. The van der Waals surface area contributed by atoms with Crippen LogP contribution in [-0.2, 0) is 14.9 Å². The van der Waals surface area contributed by atoms with Gasteiger partial charge in [-0.2, -0.15) is 0 Å². The van der Waals surface area contributed by atoms with Crippen LogP contribution in [0.3, 0.4) is 0 Å². The number of para-hydroxylation sites is 1. The second kappa shape index (κ2) is 5.23. The molecule has 0 aliphatic carbocycles. The van der Waals surface area contributed by atoms with Crippen molar-refractivity contribution in [3.05, 3.63) is 53.6 Å². The van der Waals surface area contributed by atoms with Crippen LogP contribution >= 0.6 is 0 Å². The van der Waals surface area contributed by atoms with Crippen LogP contribution in [0.4, 0.5) is 11.4 Å². The van der Waals surface area contributed by atoms with Crippen LogP contribution in [0.1, 0.15) is 24.0 Å². The molecule has 1 spiro atoms. The zero-order chi connectivity index (χ0) is 17.0. The first kappa shape index (κ1) is 14.8. The number of nitrogens with zero attached hydrogens (tertiary/aromatic N) is 1. The van der Waals surface area contributed by atoms with E-state index < -0.39 is 5.41 Å². The monoisotopic (exact) mass is 336 g/mol. The molecule has 1 amide bonds. The van der Waals surface area contributed by atoms with Crippen molar-refractivity contribution in [2.45, 2.75) is 24.4 Å². The van der Waals surface area contributed by atoms with Gasteiger partial charge in [0.1, 0.15) is 17.8 Å². The number of amides is 1. The summed E-state index contributed by atoms with van der Waals surface area (Å²) < 4.78 is 11.7. The molecule has 1 fully saturated rings. The van der Waals surface area contributed by atoms with E-state index in [0.717, 1.165) is 36.3 Å². The molecule has 0 bridgehead atoms. The van der Waals surface area contributed by atoms with Crippen molar-refractivity contribution in [1.29, 1.82) is 0 Å². The summed E-state index contributed by atoms with van der Waals surface area (Å²) in [5, 5.41) is 0. The van der Waals surface area contributed by atoms with Crippen LogP contribution in [0.5, 0.6) is 5.75 Å². The summed E-state index contributed by atoms with van der Waals surface area (Å²) in [6.45, 7) is 1.70. The van der Waals surface area contributed by atoms with E-state index in [-0.39, 0.29) is 12.0 Å².